The van der Waals surface area contributed by atoms with Gasteiger partial charge in [-0.3, -0.25) is 38.8 Å². The van der Waals surface area contributed by atoms with Crippen molar-refractivity contribution in [1.82, 2.24) is 29.6 Å². The van der Waals surface area contributed by atoms with Gasteiger partial charge in [0.15, 0.2) is 0 Å². The fraction of sp³-hybridized carbons (Fsp3) is 0.462. The number of hydrogen-bond acceptors (Lipinski definition) is 10. The molecular weight excluding hydrogens is 524 g/mol. The molecular formula is C26H34N6O8. The lowest BCUT2D eigenvalue weighted by Gasteiger charge is -2.29. The van der Waals surface area contributed by atoms with E-state index in [0.29, 0.717) is 22.8 Å². The molecule has 0 unspecified atom stereocenters. The van der Waals surface area contributed by atoms with Crippen LogP contribution in [0.5, 0.6) is 0 Å². The van der Waals surface area contributed by atoms with E-state index in [1.54, 1.807) is 56.0 Å². The minimum Gasteiger partial charge on any atom is -0.480 e. The zero-order valence-electron chi connectivity index (χ0n) is 22.1. The van der Waals surface area contributed by atoms with Crippen molar-refractivity contribution in [3.63, 3.8) is 0 Å². The summed E-state index contributed by atoms with van der Waals surface area (Å²) in [6, 6.07) is 10.7. The highest BCUT2D eigenvalue weighted by Gasteiger charge is 2.20. The summed E-state index contributed by atoms with van der Waals surface area (Å²) in [5.41, 5.74) is 2.36. The Hall–Kier alpha value is -3.98. The van der Waals surface area contributed by atoms with Gasteiger partial charge in [-0.05, 0) is 24.3 Å². The Balaban J connectivity index is 1.96. The molecule has 0 atom stereocenters. The quantitative estimate of drug-likeness (QED) is 0.331. The van der Waals surface area contributed by atoms with Crippen molar-refractivity contribution in [1.29, 1.82) is 0 Å². The molecule has 0 aliphatic carbocycles. The standard InChI is InChI=1S/C26H34N6O8/c33-23(34)15-29-7-8-30(16-24(35)36)10-12-32(18-26(39)40)14-20-4-2-6-22(28-20)21-5-1-3-19(27-21)13-31(11-9-29)17-25(37)38/h1-6H,7-18H2,(H,33,34)(H,35,36)(H,37,38)(H,39,40). The Kier molecular flexibility index (Phi) is 11.4. The molecule has 1 aliphatic heterocycles. The largest absolute Gasteiger partial charge is 0.480 e. The maximum absolute atomic E-state index is 11.6. The van der Waals surface area contributed by atoms with Gasteiger partial charge in [-0.15, -0.1) is 0 Å². The van der Waals surface area contributed by atoms with E-state index in [9.17, 15) is 39.6 Å². The number of carboxylic acid groups (broad SMARTS) is 4. The minimum atomic E-state index is -1.06. The second kappa shape index (κ2) is 15.0. The molecule has 0 radical (unpaired) electrons. The highest BCUT2D eigenvalue weighted by molar-refractivity contribution is 5.70. The molecule has 216 valence electrons. The second-order valence-electron chi connectivity index (χ2n) is 9.58. The molecule has 2 aromatic heterocycles. The summed E-state index contributed by atoms with van der Waals surface area (Å²) in [5.74, 6) is -4.19. The van der Waals surface area contributed by atoms with Crippen LogP contribution in [0, 0.1) is 0 Å². The lowest BCUT2D eigenvalue weighted by molar-refractivity contribution is -0.141. The predicted octanol–water partition coefficient (Wildman–Crippen LogP) is -0.296. The van der Waals surface area contributed by atoms with Gasteiger partial charge in [0.1, 0.15) is 0 Å². The zero-order valence-corrected chi connectivity index (χ0v) is 22.1. The Morgan fingerprint density at radius 2 is 0.825 bits per heavy atom. The fourth-order valence-electron chi connectivity index (χ4n) is 4.46. The van der Waals surface area contributed by atoms with E-state index in [2.05, 4.69) is 9.97 Å². The van der Waals surface area contributed by atoms with Crippen molar-refractivity contribution >= 4 is 23.9 Å². The number of pyridine rings is 2. The van der Waals surface area contributed by atoms with Crippen molar-refractivity contribution in [3.05, 3.63) is 47.8 Å². The number of fused-ring (bicyclic) bond motifs is 5. The van der Waals surface area contributed by atoms with E-state index >= 15 is 0 Å². The van der Waals surface area contributed by atoms with Crippen molar-refractivity contribution in [3.8, 4) is 11.4 Å². The molecule has 14 heteroatoms. The highest BCUT2D eigenvalue weighted by Crippen LogP contribution is 2.17. The molecule has 0 saturated heterocycles. The molecule has 4 bridgehead atoms. The summed E-state index contributed by atoms with van der Waals surface area (Å²) < 4.78 is 0. The summed E-state index contributed by atoms with van der Waals surface area (Å²) in [5, 5.41) is 37.8. The van der Waals surface area contributed by atoms with Crippen molar-refractivity contribution < 1.29 is 39.6 Å². The predicted molar refractivity (Wildman–Crippen MR) is 141 cm³/mol. The fourth-order valence-corrected chi connectivity index (χ4v) is 4.46. The first-order valence-electron chi connectivity index (χ1n) is 12.8. The molecule has 0 fully saturated rings. The first-order valence-corrected chi connectivity index (χ1v) is 12.8. The van der Waals surface area contributed by atoms with Crippen LogP contribution < -0.4 is 0 Å². The van der Waals surface area contributed by atoms with Gasteiger partial charge in [0.25, 0.3) is 0 Å². The molecule has 0 aromatic carbocycles. The van der Waals surface area contributed by atoms with Crippen molar-refractivity contribution in [2.24, 2.45) is 0 Å². The number of hydrogen-bond donors (Lipinski definition) is 4. The van der Waals surface area contributed by atoms with Gasteiger partial charge in [0.05, 0.1) is 49.0 Å². The van der Waals surface area contributed by atoms with Gasteiger partial charge in [-0.1, -0.05) is 12.1 Å². The van der Waals surface area contributed by atoms with Crippen molar-refractivity contribution in [2.45, 2.75) is 13.1 Å². The average Bonchev–Trinajstić information content (AvgIpc) is 2.87. The van der Waals surface area contributed by atoms with E-state index < -0.39 is 23.9 Å². The molecule has 0 spiro atoms. The van der Waals surface area contributed by atoms with E-state index in [1.807, 2.05) is 0 Å². The van der Waals surface area contributed by atoms with Gasteiger partial charge in [-0.25, -0.2) is 9.97 Å². The van der Waals surface area contributed by atoms with Gasteiger partial charge in [0.2, 0.25) is 0 Å². The van der Waals surface area contributed by atoms with E-state index in [0.717, 1.165) is 0 Å². The summed E-state index contributed by atoms with van der Waals surface area (Å²) in [6.07, 6.45) is 0. The number of aliphatic carboxylic acids is 4. The Morgan fingerprint density at radius 1 is 0.525 bits per heavy atom. The van der Waals surface area contributed by atoms with Crippen LogP contribution in [0.4, 0.5) is 0 Å². The van der Waals surface area contributed by atoms with Crippen LogP contribution in [0.3, 0.4) is 0 Å². The maximum Gasteiger partial charge on any atom is 0.317 e. The molecule has 0 amide bonds. The van der Waals surface area contributed by atoms with Crippen molar-refractivity contribution in [2.75, 3.05) is 65.4 Å². The number of nitrogens with zero attached hydrogens (tertiary/aromatic N) is 6. The van der Waals surface area contributed by atoms with Crippen LogP contribution in [0.2, 0.25) is 0 Å². The van der Waals surface area contributed by atoms with E-state index in [4.69, 9.17) is 0 Å². The topological polar surface area (TPSA) is 188 Å². The van der Waals surface area contributed by atoms with Gasteiger partial charge < -0.3 is 20.4 Å². The maximum atomic E-state index is 11.6. The second-order valence-corrected chi connectivity index (χ2v) is 9.58. The first kappa shape index (κ1) is 30.6. The lowest BCUT2D eigenvalue weighted by atomic mass is 10.2. The normalized spacial score (nSPS) is 17.0. The molecule has 40 heavy (non-hydrogen) atoms. The van der Waals surface area contributed by atoms with Gasteiger partial charge in [0, 0.05) is 52.4 Å². The third-order valence-electron chi connectivity index (χ3n) is 6.28. The van der Waals surface area contributed by atoms with Crippen LogP contribution >= 0.6 is 0 Å². The Bertz CT molecular complexity index is 1100. The van der Waals surface area contributed by atoms with E-state index in [1.165, 1.54) is 0 Å². The van der Waals surface area contributed by atoms with Gasteiger partial charge in [-0.2, -0.15) is 0 Å². The Labute approximate surface area is 231 Å². The minimum absolute atomic E-state index is 0.207. The van der Waals surface area contributed by atoms with Crippen LogP contribution in [0.1, 0.15) is 11.4 Å². The third kappa shape index (κ3) is 10.6. The molecule has 4 N–H and O–H groups in total. The summed E-state index contributed by atoms with van der Waals surface area (Å²) >= 11 is 0. The molecule has 0 saturated carbocycles. The molecule has 2 aromatic rings. The van der Waals surface area contributed by atoms with Crippen LogP contribution in [0.25, 0.3) is 11.4 Å². The smallest absolute Gasteiger partial charge is 0.317 e. The number of rotatable bonds is 8. The lowest BCUT2D eigenvalue weighted by Crippen LogP contribution is -2.45. The molecule has 1 aliphatic rings. The molecule has 14 nitrogen and oxygen atoms in total. The molecule has 3 heterocycles. The van der Waals surface area contributed by atoms with Crippen LogP contribution in [-0.4, -0.2) is 139 Å². The highest BCUT2D eigenvalue weighted by atomic mass is 16.4. The van der Waals surface area contributed by atoms with E-state index in [-0.39, 0.29) is 78.5 Å². The average molecular weight is 559 g/mol. The number of aromatic nitrogens is 2. The zero-order chi connectivity index (χ0) is 29.1. The number of carboxylic acids is 4. The summed E-state index contributed by atoms with van der Waals surface area (Å²) in [7, 11) is 0. The van der Waals surface area contributed by atoms with Crippen LogP contribution in [0.15, 0.2) is 36.4 Å². The number of carbonyl (C=O) groups is 4. The van der Waals surface area contributed by atoms with Gasteiger partial charge >= 0.3 is 23.9 Å². The van der Waals surface area contributed by atoms with Crippen LogP contribution in [-0.2, 0) is 32.3 Å². The third-order valence-corrected chi connectivity index (χ3v) is 6.28. The summed E-state index contributed by atoms with van der Waals surface area (Å²) in [6.45, 7) is 0.640. The Morgan fingerprint density at radius 3 is 1.15 bits per heavy atom. The SMILES string of the molecule is O=C(O)CN1CCN(CC(=O)O)CCN(CC(=O)O)Cc2cccc(n2)-c2cccc(n2)CN(CC(=O)O)CC1. The first-order chi connectivity index (χ1) is 19.1. The molecule has 3 rings (SSSR count). The monoisotopic (exact) mass is 558 g/mol. The summed E-state index contributed by atoms with van der Waals surface area (Å²) in [4.78, 5) is 62.1.